The smallest absolute Gasteiger partial charge is 0.00425 e. The first-order valence-electron chi connectivity index (χ1n) is 7.25. The van der Waals surface area contributed by atoms with Crippen LogP contribution in [0.2, 0.25) is 0 Å². The third-order valence-electron chi connectivity index (χ3n) is 2.12. The van der Waals surface area contributed by atoms with E-state index in [9.17, 15) is 0 Å². The first kappa shape index (κ1) is 22.4. The minimum absolute atomic E-state index is 0.729. The SMILES string of the molecule is C=C(C)CCC(/C=C\CCN)=C(C)C.CC.CC. The van der Waals surface area contributed by atoms with Crippen molar-refractivity contribution in [3.63, 3.8) is 0 Å². The van der Waals surface area contributed by atoms with Gasteiger partial charge in [0.05, 0.1) is 0 Å². The van der Waals surface area contributed by atoms with Crippen molar-refractivity contribution < 1.29 is 0 Å². The molecular formula is C17H35N. The summed E-state index contributed by atoms with van der Waals surface area (Å²) >= 11 is 0. The Morgan fingerprint density at radius 2 is 1.50 bits per heavy atom. The molecule has 0 aromatic heterocycles. The zero-order chi connectivity index (χ0) is 15.0. The highest BCUT2D eigenvalue weighted by molar-refractivity contribution is 5.24. The third-order valence-corrected chi connectivity index (χ3v) is 2.12. The normalized spacial score (nSPS) is 8.89. The van der Waals surface area contributed by atoms with Gasteiger partial charge in [0.25, 0.3) is 0 Å². The maximum atomic E-state index is 5.43. The maximum Gasteiger partial charge on any atom is -0.00425 e. The zero-order valence-electron chi connectivity index (χ0n) is 13.8. The lowest BCUT2D eigenvalue weighted by Gasteiger charge is -2.04. The zero-order valence-corrected chi connectivity index (χ0v) is 13.8. The summed E-state index contributed by atoms with van der Waals surface area (Å²) in [6.07, 6.45) is 7.49. The highest BCUT2D eigenvalue weighted by Crippen LogP contribution is 2.15. The molecule has 0 aliphatic heterocycles. The molecule has 0 fully saturated rings. The minimum Gasteiger partial charge on any atom is -0.330 e. The molecule has 0 aromatic rings. The number of rotatable bonds is 6. The highest BCUT2D eigenvalue weighted by atomic mass is 14.5. The second-order valence-electron chi connectivity index (χ2n) is 3.96. The maximum absolute atomic E-state index is 5.43. The molecule has 0 rings (SSSR count). The fourth-order valence-electron chi connectivity index (χ4n) is 1.17. The van der Waals surface area contributed by atoms with Gasteiger partial charge in [-0.1, -0.05) is 51.0 Å². The van der Waals surface area contributed by atoms with Gasteiger partial charge in [0, 0.05) is 0 Å². The molecule has 1 nitrogen and oxygen atoms in total. The number of allylic oxidation sites excluding steroid dienone is 4. The van der Waals surface area contributed by atoms with Crippen molar-refractivity contribution in [1.29, 1.82) is 0 Å². The van der Waals surface area contributed by atoms with Crippen molar-refractivity contribution in [2.45, 2.75) is 67.7 Å². The predicted molar refractivity (Wildman–Crippen MR) is 87.9 cm³/mol. The topological polar surface area (TPSA) is 26.0 Å². The molecule has 0 saturated carbocycles. The van der Waals surface area contributed by atoms with Crippen LogP contribution in [0.15, 0.2) is 35.5 Å². The van der Waals surface area contributed by atoms with Crippen LogP contribution in [-0.4, -0.2) is 6.54 Å². The van der Waals surface area contributed by atoms with Gasteiger partial charge in [-0.2, -0.15) is 0 Å². The molecule has 0 amide bonds. The molecule has 0 spiro atoms. The van der Waals surface area contributed by atoms with E-state index >= 15 is 0 Å². The Kier molecular flexibility index (Phi) is 23.0. The van der Waals surface area contributed by atoms with E-state index in [2.05, 4.69) is 39.5 Å². The lowest BCUT2D eigenvalue weighted by atomic mass is 10.0. The third kappa shape index (κ3) is 17.6. The summed E-state index contributed by atoms with van der Waals surface area (Å²) < 4.78 is 0. The Morgan fingerprint density at radius 1 is 1.00 bits per heavy atom. The van der Waals surface area contributed by atoms with Crippen LogP contribution in [-0.2, 0) is 0 Å². The molecule has 0 aromatic carbocycles. The number of hydrogen-bond acceptors (Lipinski definition) is 1. The fraction of sp³-hybridized carbons (Fsp3) is 0.647. The lowest BCUT2D eigenvalue weighted by molar-refractivity contribution is 0.930. The van der Waals surface area contributed by atoms with Crippen LogP contribution in [0, 0.1) is 0 Å². The Balaban J connectivity index is -0.000000506. The molecule has 108 valence electrons. The summed E-state index contributed by atoms with van der Waals surface area (Å²) in [6.45, 7) is 19.0. The van der Waals surface area contributed by atoms with E-state index in [1.165, 1.54) is 16.7 Å². The Morgan fingerprint density at radius 3 is 1.83 bits per heavy atom. The molecule has 0 radical (unpaired) electrons. The van der Waals surface area contributed by atoms with Crippen molar-refractivity contribution in [3.05, 3.63) is 35.5 Å². The second-order valence-corrected chi connectivity index (χ2v) is 3.96. The largest absolute Gasteiger partial charge is 0.330 e. The van der Waals surface area contributed by atoms with Gasteiger partial charge >= 0.3 is 0 Å². The van der Waals surface area contributed by atoms with E-state index < -0.39 is 0 Å². The van der Waals surface area contributed by atoms with Gasteiger partial charge in [-0.15, -0.1) is 6.58 Å². The Bertz CT molecular complexity index is 230. The number of nitrogens with two attached hydrogens (primary N) is 1. The Labute approximate surface area is 116 Å². The minimum atomic E-state index is 0.729. The van der Waals surface area contributed by atoms with Gasteiger partial charge in [0.1, 0.15) is 0 Å². The van der Waals surface area contributed by atoms with Crippen LogP contribution in [0.25, 0.3) is 0 Å². The van der Waals surface area contributed by atoms with Crippen molar-refractivity contribution in [2.24, 2.45) is 5.73 Å². The molecule has 1 heteroatoms. The van der Waals surface area contributed by atoms with Gasteiger partial charge < -0.3 is 5.73 Å². The van der Waals surface area contributed by atoms with E-state index in [1.54, 1.807) is 0 Å². The molecule has 0 atom stereocenters. The second kappa shape index (κ2) is 18.5. The van der Waals surface area contributed by atoms with E-state index in [1.807, 2.05) is 27.7 Å². The van der Waals surface area contributed by atoms with Crippen LogP contribution in [0.1, 0.15) is 67.7 Å². The molecule has 0 bridgehead atoms. The summed E-state index contributed by atoms with van der Waals surface area (Å²) in [7, 11) is 0. The molecule has 18 heavy (non-hydrogen) atoms. The fourth-order valence-corrected chi connectivity index (χ4v) is 1.17. The summed E-state index contributed by atoms with van der Waals surface area (Å²) in [5, 5.41) is 0. The van der Waals surface area contributed by atoms with E-state index in [4.69, 9.17) is 5.73 Å². The van der Waals surface area contributed by atoms with Gasteiger partial charge in [0.2, 0.25) is 0 Å². The van der Waals surface area contributed by atoms with E-state index in [0.29, 0.717) is 0 Å². The summed E-state index contributed by atoms with van der Waals surface area (Å²) in [5.41, 5.74) is 9.48. The van der Waals surface area contributed by atoms with Crippen molar-refractivity contribution in [3.8, 4) is 0 Å². The number of hydrogen-bond donors (Lipinski definition) is 1. The van der Waals surface area contributed by atoms with E-state index in [0.717, 1.165) is 25.8 Å². The average Bonchev–Trinajstić information content (AvgIpc) is 2.37. The van der Waals surface area contributed by atoms with Gasteiger partial charge in [-0.3, -0.25) is 0 Å². The van der Waals surface area contributed by atoms with Crippen LogP contribution in [0.4, 0.5) is 0 Å². The van der Waals surface area contributed by atoms with Crippen molar-refractivity contribution in [2.75, 3.05) is 6.54 Å². The van der Waals surface area contributed by atoms with Gasteiger partial charge in [-0.25, -0.2) is 0 Å². The molecule has 2 N–H and O–H groups in total. The summed E-state index contributed by atoms with van der Waals surface area (Å²) in [6, 6.07) is 0. The Hall–Kier alpha value is -0.820. The molecule has 0 aliphatic rings. The molecule has 0 heterocycles. The molecular weight excluding hydrogens is 218 g/mol. The van der Waals surface area contributed by atoms with Crippen LogP contribution >= 0.6 is 0 Å². The first-order chi connectivity index (χ1) is 8.57. The lowest BCUT2D eigenvalue weighted by Crippen LogP contribution is -1.95. The molecule has 0 aliphatic carbocycles. The van der Waals surface area contributed by atoms with E-state index in [-0.39, 0.29) is 0 Å². The quantitative estimate of drug-likeness (QED) is 0.481. The van der Waals surface area contributed by atoms with Crippen molar-refractivity contribution >= 4 is 0 Å². The van der Waals surface area contributed by atoms with Crippen LogP contribution in [0.5, 0.6) is 0 Å². The van der Waals surface area contributed by atoms with Gasteiger partial charge in [-0.05, 0) is 52.2 Å². The predicted octanol–water partition coefficient (Wildman–Crippen LogP) is 5.64. The van der Waals surface area contributed by atoms with Gasteiger partial charge in [0.15, 0.2) is 0 Å². The van der Waals surface area contributed by atoms with Crippen molar-refractivity contribution in [1.82, 2.24) is 0 Å². The standard InChI is InChI=1S/C13H23N.2C2H6/c1-11(2)8-9-13(12(3)4)7-5-6-10-14;2*1-2/h5,7H,1,6,8-10,14H2,2-4H3;2*1-2H3/b7-5-;;. The monoisotopic (exact) mass is 253 g/mol. The molecule has 0 unspecified atom stereocenters. The summed E-state index contributed by atoms with van der Waals surface area (Å²) in [5.74, 6) is 0. The molecule has 0 saturated heterocycles. The average molecular weight is 253 g/mol. The summed E-state index contributed by atoms with van der Waals surface area (Å²) in [4.78, 5) is 0. The first-order valence-corrected chi connectivity index (χ1v) is 7.25. The van der Waals surface area contributed by atoms with Crippen LogP contribution in [0.3, 0.4) is 0 Å². The van der Waals surface area contributed by atoms with Crippen LogP contribution < -0.4 is 5.73 Å². The highest BCUT2D eigenvalue weighted by Gasteiger charge is 1.95.